The van der Waals surface area contributed by atoms with Gasteiger partial charge in [-0.25, -0.2) is 4.98 Å². The molecule has 0 unspecified atom stereocenters. The molecule has 0 bridgehead atoms. The molecule has 1 aliphatic rings. The second-order valence-electron chi connectivity index (χ2n) is 9.17. The third kappa shape index (κ3) is 5.11. The number of aromatic nitrogens is 3. The fourth-order valence-electron chi connectivity index (χ4n) is 4.92. The molecule has 36 heavy (non-hydrogen) atoms. The Balaban J connectivity index is 1.37. The lowest BCUT2D eigenvalue weighted by atomic mass is 9.84. The Bertz CT molecular complexity index is 1370. The van der Waals surface area contributed by atoms with Gasteiger partial charge in [-0.15, -0.1) is 11.3 Å². The maximum atomic E-state index is 13.4. The van der Waals surface area contributed by atoms with Gasteiger partial charge in [-0.05, 0) is 49.3 Å². The summed E-state index contributed by atoms with van der Waals surface area (Å²) in [4.78, 5) is 31.0. The van der Waals surface area contributed by atoms with Gasteiger partial charge in [0, 0.05) is 28.4 Å². The molecule has 186 valence electrons. The Labute approximate surface area is 212 Å². The van der Waals surface area contributed by atoms with Crippen molar-refractivity contribution in [3.63, 3.8) is 0 Å². The van der Waals surface area contributed by atoms with Gasteiger partial charge in [0.25, 0.3) is 5.91 Å². The first-order valence-electron chi connectivity index (χ1n) is 12.1. The molecule has 1 fully saturated rings. The molecule has 1 amide bonds. The van der Waals surface area contributed by atoms with E-state index in [0.717, 1.165) is 30.6 Å². The fraction of sp³-hybridized carbons (Fsp3) is 0.333. The van der Waals surface area contributed by atoms with Gasteiger partial charge in [-0.2, -0.15) is 5.10 Å². The number of nitrogens with zero attached hydrogens (tertiary/aromatic N) is 3. The molecule has 3 heterocycles. The molecular formula is C27H28N4O4S. The van der Waals surface area contributed by atoms with E-state index in [4.69, 9.17) is 9.84 Å². The van der Waals surface area contributed by atoms with Crippen LogP contribution in [0.2, 0.25) is 0 Å². The van der Waals surface area contributed by atoms with Crippen LogP contribution < -0.4 is 10.1 Å². The van der Waals surface area contributed by atoms with E-state index in [1.165, 1.54) is 10.4 Å². The first-order chi connectivity index (χ1) is 17.5. The van der Waals surface area contributed by atoms with Crippen LogP contribution in [0.4, 0.5) is 0 Å². The van der Waals surface area contributed by atoms with Crippen LogP contribution in [0.1, 0.15) is 47.3 Å². The number of hydrogen-bond acceptors (Lipinski definition) is 6. The zero-order chi connectivity index (χ0) is 25.1. The molecule has 5 rings (SSSR count). The van der Waals surface area contributed by atoms with Crippen LogP contribution >= 0.6 is 11.3 Å². The zero-order valence-electron chi connectivity index (χ0n) is 20.0. The van der Waals surface area contributed by atoms with E-state index in [1.807, 2.05) is 22.9 Å². The number of methoxy groups -OCH3 is 1. The number of amides is 1. The summed E-state index contributed by atoms with van der Waals surface area (Å²) in [7, 11) is 1.56. The summed E-state index contributed by atoms with van der Waals surface area (Å²) < 4.78 is 7.27. The van der Waals surface area contributed by atoms with Crippen molar-refractivity contribution in [2.45, 2.75) is 44.7 Å². The van der Waals surface area contributed by atoms with Crippen LogP contribution in [0.5, 0.6) is 5.88 Å². The van der Waals surface area contributed by atoms with Gasteiger partial charge in [0.05, 0.1) is 36.3 Å². The fourth-order valence-corrected chi connectivity index (χ4v) is 5.91. The standard InChI is InChI=1S/C27H28N4O4S/c1-35-27-22-15-29-31(16-20-11-12-23(36-20)18-5-3-2-4-6-18)25(22)21(14-28-27)26(34)30-19-9-7-17(8-10-19)13-24(32)33/h2-6,11-12,14-15,17,19H,7-10,13,16H2,1H3,(H,30,34)(H,32,33). The number of pyridine rings is 1. The van der Waals surface area contributed by atoms with Gasteiger partial charge in [0.2, 0.25) is 5.88 Å². The molecule has 1 saturated carbocycles. The number of thiophene rings is 1. The summed E-state index contributed by atoms with van der Waals surface area (Å²) in [5.74, 6) is -0.352. The lowest BCUT2D eigenvalue weighted by Gasteiger charge is -2.28. The highest BCUT2D eigenvalue weighted by molar-refractivity contribution is 7.15. The number of rotatable bonds is 8. The number of carbonyl (C=O) groups is 2. The second-order valence-corrected chi connectivity index (χ2v) is 10.3. The Morgan fingerprint density at radius 1 is 1.11 bits per heavy atom. The highest BCUT2D eigenvalue weighted by atomic mass is 32.1. The van der Waals surface area contributed by atoms with Crippen molar-refractivity contribution < 1.29 is 19.4 Å². The summed E-state index contributed by atoms with van der Waals surface area (Å²) in [6, 6.07) is 14.5. The van der Waals surface area contributed by atoms with Crippen LogP contribution in [0.25, 0.3) is 21.3 Å². The number of ether oxygens (including phenoxy) is 1. The number of carboxylic acid groups (broad SMARTS) is 1. The lowest BCUT2D eigenvalue weighted by molar-refractivity contribution is -0.138. The predicted molar refractivity (Wildman–Crippen MR) is 138 cm³/mol. The normalized spacial score (nSPS) is 17.7. The minimum atomic E-state index is -0.760. The van der Waals surface area contributed by atoms with Gasteiger partial charge in [-0.1, -0.05) is 30.3 Å². The van der Waals surface area contributed by atoms with Crippen molar-refractivity contribution in [3.8, 4) is 16.3 Å². The van der Waals surface area contributed by atoms with Crippen LogP contribution in [0.3, 0.4) is 0 Å². The van der Waals surface area contributed by atoms with Crippen LogP contribution in [0, 0.1) is 5.92 Å². The molecule has 0 spiro atoms. The summed E-state index contributed by atoms with van der Waals surface area (Å²) >= 11 is 1.70. The van der Waals surface area contributed by atoms with Crippen molar-refractivity contribution in [3.05, 3.63) is 65.3 Å². The van der Waals surface area contributed by atoms with Crippen LogP contribution in [-0.4, -0.2) is 44.9 Å². The Kier molecular flexibility index (Phi) is 6.99. The van der Waals surface area contributed by atoms with Crippen molar-refractivity contribution in [2.24, 2.45) is 5.92 Å². The number of nitrogens with one attached hydrogen (secondary N) is 1. The maximum absolute atomic E-state index is 13.4. The Morgan fingerprint density at radius 3 is 2.61 bits per heavy atom. The summed E-state index contributed by atoms with van der Waals surface area (Å²) in [5.41, 5.74) is 2.31. The molecule has 0 saturated heterocycles. The third-order valence-electron chi connectivity index (χ3n) is 6.74. The molecule has 1 aliphatic carbocycles. The molecule has 0 radical (unpaired) electrons. The van der Waals surface area contributed by atoms with Crippen molar-refractivity contribution >= 4 is 34.1 Å². The molecule has 8 nitrogen and oxygen atoms in total. The lowest BCUT2D eigenvalue weighted by Crippen LogP contribution is -2.38. The zero-order valence-corrected chi connectivity index (χ0v) is 20.8. The number of carboxylic acids is 1. The smallest absolute Gasteiger partial charge is 0.303 e. The van der Waals surface area contributed by atoms with E-state index in [2.05, 4.69) is 39.7 Å². The highest BCUT2D eigenvalue weighted by Crippen LogP contribution is 2.32. The number of carbonyl (C=O) groups excluding carboxylic acids is 1. The minimum Gasteiger partial charge on any atom is -0.481 e. The summed E-state index contributed by atoms with van der Waals surface area (Å²) in [6.07, 6.45) is 6.58. The van der Waals surface area contributed by atoms with E-state index in [-0.39, 0.29) is 24.3 Å². The first-order valence-corrected chi connectivity index (χ1v) is 12.9. The molecule has 3 aromatic heterocycles. The Morgan fingerprint density at radius 2 is 1.89 bits per heavy atom. The number of fused-ring (bicyclic) bond motifs is 1. The van der Waals surface area contributed by atoms with Gasteiger partial charge < -0.3 is 15.2 Å². The highest BCUT2D eigenvalue weighted by Gasteiger charge is 2.26. The van der Waals surface area contributed by atoms with Gasteiger partial charge >= 0.3 is 5.97 Å². The molecular weight excluding hydrogens is 476 g/mol. The summed E-state index contributed by atoms with van der Waals surface area (Å²) in [6.45, 7) is 0.523. The predicted octanol–water partition coefficient (Wildman–Crippen LogP) is 4.98. The molecule has 1 aromatic carbocycles. The van der Waals surface area contributed by atoms with E-state index < -0.39 is 5.97 Å². The van der Waals surface area contributed by atoms with Gasteiger partial charge in [-0.3, -0.25) is 14.3 Å². The Hall–Kier alpha value is -3.72. The molecule has 4 aromatic rings. The average Bonchev–Trinajstić information content (AvgIpc) is 3.53. The first kappa shape index (κ1) is 24.0. The average molecular weight is 505 g/mol. The maximum Gasteiger partial charge on any atom is 0.303 e. The third-order valence-corrected chi connectivity index (χ3v) is 7.86. The van der Waals surface area contributed by atoms with E-state index >= 15 is 0 Å². The van der Waals surface area contributed by atoms with Crippen molar-refractivity contribution in [2.75, 3.05) is 7.11 Å². The quantitative estimate of drug-likeness (QED) is 0.351. The number of hydrogen-bond donors (Lipinski definition) is 2. The van der Waals surface area contributed by atoms with Crippen molar-refractivity contribution in [1.82, 2.24) is 20.1 Å². The number of aliphatic carboxylic acids is 1. The largest absolute Gasteiger partial charge is 0.481 e. The van der Waals surface area contributed by atoms with E-state index in [9.17, 15) is 9.59 Å². The SMILES string of the molecule is COc1ncc(C(=O)NC2CCC(CC(=O)O)CC2)c2c1cnn2Cc1ccc(-c2ccccc2)s1. The minimum absolute atomic E-state index is 0.0156. The molecule has 9 heteroatoms. The van der Waals surface area contributed by atoms with E-state index in [1.54, 1.807) is 30.8 Å². The summed E-state index contributed by atoms with van der Waals surface area (Å²) in [5, 5.41) is 17.5. The van der Waals surface area contributed by atoms with Crippen LogP contribution in [-0.2, 0) is 11.3 Å². The van der Waals surface area contributed by atoms with Crippen molar-refractivity contribution in [1.29, 1.82) is 0 Å². The monoisotopic (exact) mass is 504 g/mol. The van der Waals surface area contributed by atoms with Gasteiger partial charge in [0.1, 0.15) is 0 Å². The number of benzene rings is 1. The molecule has 2 N–H and O–H groups in total. The molecule has 0 aliphatic heterocycles. The molecule has 0 atom stereocenters. The topological polar surface area (TPSA) is 106 Å². The van der Waals surface area contributed by atoms with Crippen LogP contribution in [0.15, 0.2) is 54.9 Å². The second kappa shape index (κ2) is 10.5. The van der Waals surface area contributed by atoms with E-state index in [0.29, 0.717) is 28.9 Å². The van der Waals surface area contributed by atoms with Gasteiger partial charge in [0.15, 0.2) is 0 Å².